The van der Waals surface area contributed by atoms with E-state index in [0.717, 1.165) is 0 Å². The van der Waals surface area contributed by atoms with E-state index in [-0.39, 0.29) is 6.61 Å². The second kappa shape index (κ2) is 5.81. The Morgan fingerprint density at radius 3 is 2.62 bits per heavy atom. The first-order chi connectivity index (χ1) is 7.50. The van der Waals surface area contributed by atoms with Crippen molar-refractivity contribution < 1.29 is 28.9 Å². The first-order valence-corrected chi connectivity index (χ1v) is 5.11. The van der Waals surface area contributed by atoms with Gasteiger partial charge in [0, 0.05) is 20.3 Å². The Bertz CT molecular complexity index is 264. The molecular formula is C10H16O6. The van der Waals surface area contributed by atoms with Gasteiger partial charge < -0.3 is 19.3 Å². The normalized spacial score (nSPS) is 29.6. The number of carbonyl (C=O) groups is 2. The van der Waals surface area contributed by atoms with Gasteiger partial charge in [0.25, 0.3) is 0 Å². The summed E-state index contributed by atoms with van der Waals surface area (Å²) in [5, 5.41) is 9.80. The van der Waals surface area contributed by atoms with Crippen LogP contribution in [0.2, 0.25) is 0 Å². The van der Waals surface area contributed by atoms with E-state index in [1.807, 2.05) is 0 Å². The van der Waals surface area contributed by atoms with Crippen molar-refractivity contribution in [3.05, 3.63) is 0 Å². The van der Waals surface area contributed by atoms with Crippen LogP contribution in [-0.2, 0) is 23.8 Å². The van der Waals surface area contributed by atoms with Crippen LogP contribution in [0.4, 0.5) is 0 Å². The standard InChI is InChI=1S/C10H16O6/c1-6(11)15-5-9-10(13)8(3-4-14-9)16-7(2)12/h8-10,13H,3-5H2,1-2H3/t8-,9-,10+/m1/s1. The van der Waals surface area contributed by atoms with E-state index in [1.54, 1.807) is 0 Å². The predicted molar refractivity (Wildman–Crippen MR) is 52.6 cm³/mol. The van der Waals surface area contributed by atoms with E-state index in [2.05, 4.69) is 0 Å². The maximum Gasteiger partial charge on any atom is 0.302 e. The van der Waals surface area contributed by atoms with Crippen molar-refractivity contribution in [2.45, 2.75) is 38.6 Å². The summed E-state index contributed by atoms with van der Waals surface area (Å²) < 4.78 is 14.9. The first-order valence-electron chi connectivity index (χ1n) is 5.11. The lowest BCUT2D eigenvalue weighted by Crippen LogP contribution is -2.48. The number of ether oxygens (including phenoxy) is 3. The molecular weight excluding hydrogens is 216 g/mol. The molecule has 0 unspecified atom stereocenters. The molecule has 0 aliphatic carbocycles. The third kappa shape index (κ3) is 3.79. The smallest absolute Gasteiger partial charge is 0.302 e. The highest BCUT2D eigenvalue weighted by Crippen LogP contribution is 2.18. The Hall–Kier alpha value is -1.14. The lowest BCUT2D eigenvalue weighted by atomic mass is 10.0. The van der Waals surface area contributed by atoms with Gasteiger partial charge in [-0.05, 0) is 0 Å². The molecule has 16 heavy (non-hydrogen) atoms. The minimum absolute atomic E-state index is 0.0335. The van der Waals surface area contributed by atoms with Gasteiger partial charge in [0.05, 0.1) is 6.61 Å². The van der Waals surface area contributed by atoms with Crippen LogP contribution in [0.5, 0.6) is 0 Å². The first kappa shape index (κ1) is 12.9. The van der Waals surface area contributed by atoms with Crippen molar-refractivity contribution in [2.24, 2.45) is 0 Å². The fourth-order valence-electron chi connectivity index (χ4n) is 1.53. The molecule has 6 heteroatoms. The highest BCUT2D eigenvalue weighted by molar-refractivity contribution is 5.66. The highest BCUT2D eigenvalue weighted by atomic mass is 16.6. The molecule has 0 aromatic carbocycles. The monoisotopic (exact) mass is 232 g/mol. The van der Waals surface area contributed by atoms with Gasteiger partial charge in [-0.15, -0.1) is 0 Å². The summed E-state index contributed by atoms with van der Waals surface area (Å²) in [5.41, 5.74) is 0. The zero-order valence-corrected chi connectivity index (χ0v) is 9.34. The molecule has 0 amide bonds. The van der Waals surface area contributed by atoms with Gasteiger partial charge in [-0.2, -0.15) is 0 Å². The molecule has 0 radical (unpaired) electrons. The van der Waals surface area contributed by atoms with Crippen LogP contribution in [0.15, 0.2) is 0 Å². The molecule has 1 saturated heterocycles. The number of aliphatic hydroxyl groups is 1. The van der Waals surface area contributed by atoms with Crippen LogP contribution in [0.3, 0.4) is 0 Å². The molecule has 0 spiro atoms. The van der Waals surface area contributed by atoms with Gasteiger partial charge in [0.1, 0.15) is 24.9 Å². The minimum atomic E-state index is -0.961. The minimum Gasteiger partial charge on any atom is -0.463 e. The highest BCUT2D eigenvalue weighted by Gasteiger charge is 2.35. The van der Waals surface area contributed by atoms with Crippen LogP contribution in [-0.4, -0.2) is 48.6 Å². The molecule has 6 nitrogen and oxygen atoms in total. The molecule has 3 atom stereocenters. The number of carbonyl (C=O) groups excluding carboxylic acids is 2. The van der Waals surface area contributed by atoms with Gasteiger partial charge in [-0.1, -0.05) is 0 Å². The van der Waals surface area contributed by atoms with E-state index in [1.165, 1.54) is 13.8 Å². The maximum atomic E-state index is 10.8. The van der Waals surface area contributed by atoms with Crippen LogP contribution >= 0.6 is 0 Å². The zero-order valence-electron chi connectivity index (χ0n) is 9.34. The van der Waals surface area contributed by atoms with Gasteiger partial charge in [-0.25, -0.2) is 0 Å². The summed E-state index contributed by atoms with van der Waals surface area (Å²) in [7, 11) is 0. The molecule has 1 rings (SSSR count). The van der Waals surface area contributed by atoms with E-state index < -0.39 is 30.3 Å². The van der Waals surface area contributed by atoms with Crippen LogP contribution < -0.4 is 0 Å². The van der Waals surface area contributed by atoms with Crippen molar-refractivity contribution in [3.63, 3.8) is 0 Å². The van der Waals surface area contributed by atoms with E-state index >= 15 is 0 Å². The van der Waals surface area contributed by atoms with Crippen molar-refractivity contribution in [3.8, 4) is 0 Å². The summed E-state index contributed by atoms with van der Waals surface area (Å²) in [5.74, 6) is -0.886. The van der Waals surface area contributed by atoms with E-state index in [9.17, 15) is 14.7 Å². The average Bonchev–Trinajstić information content (AvgIpc) is 2.18. The number of hydrogen-bond acceptors (Lipinski definition) is 6. The molecule has 0 bridgehead atoms. The number of rotatable bonds is 3. The van der Waals surface area contributed by atoms with E-state index in [4.69, 9.17) is 14.2 Å². The summed E-state index contributed by atoms with van der Waals surface area (Å²) in [6.45, 7) is 2.89. The predicted octanol–water partition coefficient (Wildman–Crippen LogP) is -0.369. The molecule has 1 aliphatic rings. The summed E-state index contributed by atoms with van der Waals surface area (Å²) in [4.78, 5) is 21.4. The topological polar surface area (TPSA) is 82.1 Å². The lowest BCUT2D eigenvalue weighted by Gasteiger charge is -2.33. The fourth-order valence-corrected chi connectivity index (χ4v) is 1.53. The van der Waals surface area contributed by atoms with Gasteiger partial charge in [0.15, 0.2) is 0 Å². The SMILES string of the molecule is CC(=O)OC[C@H]1OCC[C@@H](OC(C)=O)[C@@H]1O. The second-order valence-corrected chi connectivity index (χ2v) is 3.64. The third-order valence-corrected chi connectivity index (χ3v) is 2.26. The summed E-state index contributed by atoms with van der Waals surface area (Å²) in [6, 6.07) is 0. The Balaban J connectivity index is 2.46. The molecule has 0 aromatic rings. The molecule has 1 aliphatic heterocycles. The summed E-state index contributed by atoms with van der Waals surface area (Å²) >= 11 is 0. The van der Waals surface area contributed by atoms with Gasteiger partial charge >= 0.3 is 11.9 Å². The number of aliphatic hydroxyl groups excluding tert-OH is 1. The largest absolute Gasteiger partial charge is 0.463 e. The maximum absolute atomic E-state index is 10.8. The molecule has 1 N–H and O–H groups in total. The Kier molecular flexibility index (Phi) is 4.70. The third-order valence-electron chi connectivity index (χ3n) is 2.26. The zero-order chi connectivity index (χ0) is 12.1. The molecule has 0 aromatic heterocycles. The van der Waals surface area contributed by atoms with Crippen LogP contribution in [0.25, 0.3) is 0 Å². The summed E-state index contributed by atoms with van der Waals surface area (Å²) in [6.07, 6.45) is -1.75. The van der Waals surface area contributed by atoms with Crippen LogP contribution in [0.1, 0.15) is 20.3 Å². The number of hydrogen-bond donors (Lipinski definition) is 1. The van der Waals surface area contributed by atoms with Gasteiger partial charge in [0.2, 0.25) is 0 Å². The lowest BCUT2D eigenvalue weighted by molar-refractivity contribution is -0.185. The molecule has 1 heterocycles. The van der Waals surface area contributed by atoms with E-state index in [0.29, 0.717) is 13.0 Å². The fraction of sp³-hybridized carbons (Fsp3) is 0.800. The molecule has 92 valence electrons. The Morgan fingerprint density at radius 1 is 1.38 bits per heavy atom. The molecule has 0 saturated carbocycles. The number of esters is 2. The van der Waals surface area contributed by atoms with Crippen LogP contribution in [0, 0.1) is 0 Å². The average molecular weight is 232 g/mol. The Morgan fingerprint density at radius 2 is 2.06 bits per heavy atom. The van der Waals surface area contributed by atoms with Gasteiger partial charge in [-0.3, -0.25) is 9.59 Å². The van der Waals surface area contributed by atoms with Crippen molar-refractivity contribution in [1.82, 2.24) is 0 Å². The van der Waals surface area contributed by atoms with Crippen molar-refractivity contribution >= 4 is 11.9 Å². The second-order valence-electron chi connectivity index (χ2n) is 3.64. The van der Waals surface area contributed by atoms with Crippen molar-refractivity contribution in [2.75, 3.05) is 13.2 Å². The Labute approximate surface area is 93.5 Å². The quantitative estimate of drug-likeness (QED) is 0.669. The molecule has 1 fully saturated rings. The van der Waals surface area contributed by atoms with Crippen molar-refractivity contribution in [1.29, 1.82) is 0 Å².